The molecule has 1 aromatic heterocycles. The van der Waals surface area contributed by atoms with Crippen molar-refractivity contribution in [2.24, 2.45) is 11.8 Å². The van der Waals surface area contributed by atoms with Gasteiger partial charge in [0.05, 0.1) is 16.9 Å². The zero-order valence-corrected chi connectivity index (χ0v) is 16.4. The number of anilines is 1. The maximum atomic E-state index is 12.6. The Bertz CT molecular complexity index is 773. The highest BCUT2D eigenvalue weighted by Crippen LogP contribution is 2.38. The molecule has 1 aromatic rings. The molecule has 1 aliphatic carbocycles. The van der Waals surface area contributed by atoms with E-state index in [1.54, 1.807) is 6.07 Å². The predicted molar refractivity (Wildman–Crippen MR) is 100 cm³/mol. The van der Waals surface area contributed by atoms with Crippen molar-refractivity contribution in [3.05, 3.63) is 23.4 Å². The number of halogens is 1. The molecule has 0 radical (unpaired) electrons. The van der Waals surface area contributed by atoms with E-state index in [-0.39, 0.29) is 29.5 Å². The monoisotopic (exact) mass is 407 g/mol. The zero-order chi connectivity index (χ0) is 20.4. The SMILES string of the molecule is C[C@@H](OC(=O)[C@H](C)N1C(=O)[C@H]2CCCC[C@@H]2C1=O)C(=O)Nc1ccc(Cl)cn1. The molecule has 3 rings (SSSR count). The number of nitrogens with zero attached hydrogens (tertiary/aromatic N) is 2. The van der Waals surface area contributed by atoms with Gasteiger partial charge in [0.15, 0.2) is 6.10 Å². The molecule has 150 valence electrons. The van der Waals surface area contributed by atoms with Crippen LogP contribution in [0.4, 0.5) is 5.82 Å². The lowest BCUT2D eigenvalue weighted by Gasteiger charge is -2.23. The molecule has 1 aliphatic heterocycles. The molecular weight excluding hydrogens is 386 g/mol. The van der Waals surface area contributed by atoms with Crippen molar-refractivity contribution in [2.45, 2.75) is 51.7 Å². The van der Waals surface area contributed by atoms with Crippen LogP contribution in [0.1, 0.15) is 39.5 Å². The van der Waals surface area contributed by atoms with Crippen molar-refractivity contribution in [2.75, 3.05) is 5.32 Å². The Morgan fingerprint density at radius 2 is 1.79 bits per heavy atom. The van der Waals surface area contributed by atoms with Gasteiger partial charge in [0.1, 0.15) is 11.9 Å². The molecule has 2 heterocycles. The van der Waals surface area contributed by atoms with Crippen LogP contribution < -0.4 is 5.32 Å². The minimum absolute atomic E-state index is 0.263. The molecule has 0 spiro atoms. The Hall–Kier alpha value is -2.48. The summed E-state index contributed by atoms with van der Waals surface area (Å²) in [6.07, 6.45) is 3.40. The molecule has 4 atom stereocenters. The molecule has 2 fully saturated rings. The lowest BCUT2D eigenvalue weighted by atomic mass is 9.81. The van der Waals surface area contributed by atoms with Crippen LogP contribution in [0.15, 0.2) is 18.3 Å². The molecule has 0 aromatic carbocycles. The highest BCUT2D eigenvalue weighted by atomic mass is 35.5. The molecule has 28 heavy (non-hydrogen) atoms. The Morgan fingerprint density at radius 3 is 2.32 bits per heavy atom. The summed E-state index contributed by atoms with van der Waals surface area (Å²) in [6, 6.07) is 2.00. The molecule has 1 saturated heterocycles. The maximum Gasteiger partial charge on any atom is 0.329 e. The van der Waals surface area contributed by atoms with Crippen LogP contribution in [-0.4, -0.2) is 45.7 Å². The standard InChI is InChI=1S/C19H22ClN3O5/c1-10(23-17(25)13-5-3-4-6-14(13)18(23)26)19(27)28-11(2)16(24)22-15-8-7-12(20)9-21-15/h7-11,13-14H,3-6H2,1-2H3,(H,21,22,24)/t10-,11+,13-,14-/m0/s1. The van der Waals surface area contributed by atoms with E-state index in [2.05, 4.69) is 10.3 Å². The molecule has 9 heteroatoms. The van der Waals surface area contributed by atoms with Crippen LogP contribution in [0.5, 0.6) is 0 Å². The lowest BCUT2D eigenvalue weighted by molar-refractivity contribution is -0.163. The van der Waals surface area contributed by atoms with Gasteiger partial charge in [-0.05, 0) is 38.8 Å². The Kier molecular flexibility index (Phi) is 5.98. The van der Waals surface area contributed by atoms with E-state index in [4.69, 9.17) is 16.3 Å². The minimum atomic E-state index is -1.12. The molecule has 0 bridgehead atoms. The number of likely N-dealkylation sites (tertiary alicyclic amines) is 1. The number of carbonyl (C=O) groups is 4. The number of hydrogen-bond acceptors (Lipinski definition) is 6. The smallest absolute Gasteiger partial charge is 0.329 e. The number of rotatable bonds is 5. The van der Waals surface area contributed by atoms with Gasteiger partial charge >= 0.3 is 5.97 Å². The van der Waals surface area contributed by atoms with Gasteiger partial charge in [-0.3, -0.25) is 19.3 Å². The van der Waals surface area contributed by atoms with Crippen molar-refractivity contribution in [1.82, 2.24) is 9.88 Å². The van der Waals surface area contributed by atoms with E-state index in [0.29, 0.717) is 17.9 Å². The fraction of sp³-hybridized carbons (Fsp3) is 0.526. The molecule has 2 aliphatic rings. The van der Waals surface area contributed by atoms with Crippen molar-refractivity contribution in [1.29, 1.82) is 0 Å². The van der Waals surface area contributed by atoms with Gasteiger partial charge in [0, 0.05) is 6.20 Å². The third-order valence-corrected chi connectivity index (χ3v) is 5.47. The Morgan fingerprint density at radius 1 is 1.18 bits per heavy atom. The molecular formula is C19H22ClN3O5. The lowest BCUT2D eigenvalue weighted by Crippen LogP contribution is -2.46. The summed E-state index contributed by atoms with van der Waals surface area (Å²) >= 11 is 5.74. The zero-order valence-electron chi connectivity index (χ0n) is 15.7. The number of fused-ring (bicyclic) bond motifs is 1. The van der Waals surface area contributed by atoms with Gasteiger partial charge in [0.2, 0.25) is 11.8 Å². The van der Waals surface area contributed by atoms with E-state index < -0.39 is 24.0 Å². The average Bonchev–Trinajstić information content (AvgIpc) is 2.93. The van der Waals surface area contributed by atoms with E-state index in [1.807, 2.05) is 0 Å². The average molecular weight is 408 g/mol. The van der Waals surface area contributed by atoms with E-state index in [1.165, 1.54) is 26.1 Å². The van der Waals surface area contributed by atoms with E-state index >= 15 is 0 Å². The molecule has 0 unspecified atom stereocenters. The number of hydrogen-bond donors (Lipinski definition) is 1. The number of aromatic nitrogens is 1. The number of esters is 1. The second-order valence-corrected chi connectivity index (χ2v) is 7.59. The third-order valence-electron chi connectivity index (χ3n) is 5.24. The summed E-state index contributed by atoms with van der Waals surface area (Å²) in [5, 5.41) is 2.93. The molecule has 1 saturated carbocycles. The second kappa shape index (κ2) is 8.26. The van der Waals surface area contributed by atoms with Crippen LogP contribution >= 0.6 is 11.6 Å². The van der Waals surface area contributed by atoms with Gasteiger partial charge in [-0.25, -0.2) is 9.78 Å². The summed E-state index contributed by atoms with van der Waals surface area (Å²) in [7, 11) is 0. The summed E-state index contributed by atoms with van der Waals surface area (Å²) in [6.45, 7) is 2.85. The van der Waals surface area contributed by atoms with Crippen LogP contribution in [0.2, 0.25) is 5.02 Å². The highest BCUT2D eigenvalue weighted by Gasteiger charge is 2.51. The third kappa shape index (κ3) is 4.01. The second-order valence-electron chi connectivity index (χ2n) is 7.15. The van der Waals surface area contributed by atoms with Gasteiger partial charge in [-0.15, -0.1) is 0 Å². The minimum Gasteiger partial charge on any atom is -0.451 e. The topological polar surface area (TPSA) is 106 Å². The summed E-state index contributed by atoms with van der Waals surface area (Å²) in [5.41, 5.74) is 0. The highest BCUT2D eigenvalue weighted by molar-refractivity contribution is 6.30. The molecule has 3 amide bonds. The van der Waals surface area contributed by atoms with Crippen LogP contribution in [0, 0.1) is 11.8 Å². The van der Waals surface area contributed by atoms with Crippen molar-refractivity contribution in [3.8, 4) is 0 Å². The van der Waals surface area contributed by atoms with Gasteiger partial charge in [0.25, 0.3) is 5.91 Å². The summed E-state index contributed by atoms with van der Waals surface area (Å²) in [5.74, 6) is -2.43. The molecule has 1 N–H and O–H groups in total. The van der Waals surface area contributed by atoms with Gasteiger partial charge in [-0.1, -0.05) is 24.4 Å². The Balaban J connectivity index is 1.60. The number of nitrogens with one attached hydrogen (secondary N) is 1. The maximum absolute atomic E-state index is 12.6. The number of amides is 3. The first-order valence-electron chi connectivity index (χ1n) is 9.29. The van der Waals surface area contributed by atoms with E-state index in [0.717, 1.165) is 17.7 Å². The number of imide groups is 1. The fourth-order valence-corrected chi connectivity index (χ4v) is 3.79. The Labute approximate surface area is 167 Å². The quantitative estimate of drug-likeness (QED) is 0.592. The molecule has 8 nitrogen and oxygen atoms in total. The number of carbonyl (C=O) groups excluding carboxylic acids is 4. The normalized spacial score (nSPS) is 23.8. The number of pyridine rings is 1. The van der Waals surface area contributed by atoms with Crippen molar-refractivity contribution < 1.29 is 23.9 Å². The van der Waals surface area contributed by atoms with Crippen LogP contribution in [0.3, 0.4) is 0 Å². The van der Waals surface area contributed by atoms with E-state index in [9.17, 15) is 19.2 Å². The first kappa shape index (κ1) is 20.3. The first-order valence-corrected chi connectivity index (χ1v) is 9.67. The van der Waals surface area contributed by atoms with Crippen molar-refractivity contribution >= 4 is 41.1 Å². The van der Waals surface area contributed by atoms with Crippen LogP contribution in [-0.2, 0) is 23.9 Å². The first-order chi connectivity index (χ1) is 13.3. The van der Waals surface area contributed by atoms with Crippen molar-refractivity contribution in [3.63, 3.8) is 0 Å². The largest absolute Gasteiger partial charge is 0.451 e. The summed E-state index contributed by atoms with van der Waals surface area (Å²) in [4.78, 5) is 54.8. The fourth-order valence-electron chi connectivity index (χ4n) is 3.68. The predicted octanol–water partition coefficient (Wildman–Crippen LogP) is 2.17. The number of ether oxygens (including phenoxy) is 1. The van der Waals surface area contributed by atoms with Crippen LogP contribution in [0.25, 0.3) is 0 Å². The summed E-state index contributed by atoms with van der Waals surface area (Å²) < 4.78 is 5.18. The van der Waals surface area contributed by atoms with Gasteiger partial charge < -0.3 is 10.1 Å². The van der Waals surface area contributed by atoms with Gasteiger partial charge in [-0.2, -0.15) is 0 Å².